The molecule has 0 aliphatic rings. The quantitative estimate of drug-likeness (QED) is 0.411. The molecule has 28 heavy (non-hydrogen) atoms. The van der Waals surface area contributed by atoms with Crippen LogP contribution in [-0.2, 0) is 11.0 Å². The van der Waals surface area contributed by atoms with E-state index in [1.54, 1.807) is 0 Å². The molecule has 0 spiro atoms. The molecule has 0 bridgehead atoms. The summed E-state index contributed by atoms with van der Waals surface area (Å²) in [5.74, 6) is 0.0570. The molecule has 0 aliphatic carbocycles. The number of Topliss-reactive ketones (excluding diaryl/α,β-unsaturated/α-hetero) is 1. The van der Waals surface area contributed by atoms with Gasteiger partial charge in [-0.1, -0.05) is 69.4 Å². The van der Waals surface area contributed by atoms with Gasteiger partial charge < -0.3 is 5.32 Å². The smallest absolute Gasteiger partial charge is 0.372 e. The number of carbonyl (C=O) groups is 1. The Hall–Kier alpha value is -2.30. The monoisotopic (exact) mass is 391 g/mol. The highest BCUT2D eigenvalue weighted by atomic mass is 19.4. The van der Waals surface area contributed by atoms with Crippen molar-refractivity contribution in [3.8, 4) is 0 Å². The van der Waals surface area contributed by atoms with Crippen LogP contribution in [0.5, 0.6) is 0 Å². The van der Waals surface area contributed by atoms with Gasteiger partial charge in [-0.05, 0) is 36.2 Å². The Bertz CT molecular complexity index is 711. The first-order valence-corrected chi connectivity index (χ1v) is 9.93. The first-order chi connectivity index (χ1) is 13.4. The molecule has 0 heterocycles. The molecule has 2 aromatic carbocycles. The van der Waals surface area contributed by atoms with Crippen molar-refractivity contribution in [2.24, 2.45) is 0 Å². The molecule has 0 aromatic heterocycles. The number of hydrogen-bond donors (Lipinski definition) is 1. The van der Waals surface area contributed by atoms with Crippen LogP contribution in [0.2, 0.25) is 0 Å². The summed E-state index contributed by atoms with van der Waals surface area (Å²) >= 11 is 0. The Kier molecular flexibility index (Phi) is 8.55. The summed E-state index contributed by atoms with van der Waals surface area (Å²) in [6, 6.07) is 13.6. The van der Waals surface area contributed by atoms with E-state index in [0.29, 0.717) is 12.1 Å². The first kappa shape index (κ1) is 22.0. The highest BCUT2D eigenvalue weighted by Gasteiger charge is 2.30. The fraction of sp³-hybridized carbons (Fsp3) is 0.435. The van der Waals surface area contributed by atoms with Gasteiger partial charge in [0.05, 0.1) is 5.56 Å². The molecule has 2 nitrogen and oxygen atoms in total. The summed E-state index contributed by atoms with van der Waals surface area (Å²) in [5, 5.41) is 3.12. The van der Waals surface area contributed by atoms with Gasteiger partial charge in [-0.3, -0.25) is 4.79 Å². The number of hydrogen-bond acceptors (Lipinski definition) is 2. The van der Waals surface area contributed by atoms with Crippen LogP contribution in [0.1, 0.15) is 69.0 Å². The molecule has 0 radical (unpaired) electrons. The van der Waals surface area contributed by atoms with Crippen molar-refractivity contribution in [3.63, 3.8) is 0 Å². The van der Waals surface area contributed by atoms with E-state index in [0.717, 1.165) is 37.0 Å². The minimum Gasteiger partial charge on any atom is -0.372 e. The van der Waals surface area contributed by atoms with Gasteiger partial charge in [0.2, 0.25) is 0 Å². The lowest BCUT2D eigenvalue weighted by atomic mass is 9.97. The molecule has 0 fully saturated rings. The number of nitrogens with one attached hydrogen (secondary N) is 1. The van der Waals surface area contributed by atoms with Crippen LogP contribution in [0.3, 0.4) is 0 Å². The molecule has 1 atom stereocenters. The van der Waals surface area contributed by atoms with Crippen LogP contribution in [-0.4, -0.2) is 5.78 Å². The Balaban J connectivity index is 2.03. The van der Waals surface area contributed by atoms with Crippen molar-refractivity contribution in [3.05, 3.63) is 65.7 Å². The van der Waals surface area contributed by atoms with Crippen molar-refractivity contribution >= 4 is 11.5 Å². The van der Waals surface area contributed by atoms with Gasteiger partial charge in [0.1, 0.15) is 6.04 Å². The third kappa shape index (κ3) is 7.02. The Morgan fingerprint density at radius 1 is 0.893 bits per heavy atom. The van der Waals surface area contributed by atoms with Gasteiger partial charge in [0.25, 0.3) is 0 Å². The summed E-state index contributed by atoms with van der Waals surface area (Å²) in [7, 11) is 0. The van der Waals surface area contributed by atoms with Crippen molar-refractivity contribution in [1.82, 2.24) is 0 Å². The SMILES string of the molecule is CCCCCCCCC(=O)C(Nc1ccc(C(F)(F)F)cc1)c1ccccc1. The average Bonchev–Trinajstić information content (AvgIpc) is 2.69. The lowest BCUT2D eigenvalue weighted by molar-refractivity contribution is -0.137. The Labute approximate surface area is 165 Å². The molecule has 0 saturated heterocycles. The maximum atomic E-state index is 12.8. The Morgan fingerprint density at radius 2 is 1.50 bits per heavy atom. The molecule has 5 heteroatoms. The number of halogens is 3. The molecular formula is C23H28F3NO. The van der Waals surface area contributed by atoms with Gasteiger partial charge in [0, 0.05) is 12.1 Å². The molecule has 0 saturated carbocycles. The molecule has 2 aromatic rings. The second kappa shape index (κ2) is 10.9. The Morgan fingerprint density at radius 3 is 2.11 bits per heavy atom. The maximum Gasteiger partial charge on any atom is 0.416 e. The number of alkyl halides is 3. The van der Waals surface area contributed by atoms with Gasteiger partial charge >= 0.3 is 6.18 Å². The zero-order chi connectivity index (χ0) is 20.4. The fourth-order valence-corrected chi connectivity index (χ4v) is 3.14. The molecule has 0 aliphatic heterocycles. The molecular weight excluding hydrogens is 363 g/mol. The average molecular weight is 391 g/mol. The largest absolute Gasteiger partial charge is 0.416 e. The number of ketones is 1. The first-order valence-electron chi connectivity index (χ1n) is 9.93. The van der Waals surface area contributed by atoms with Gasteiger partial charge in [0.15, 0.2) is 5.78 Å². The molecule has 1 N–H and O–H groups in total. The summed E-state index contributed by atoms with van der Waals surface area (Å²) in [6.45, 7) is 2.17. The number of unbranched alkanes of at least 4 members (excludes halogenated alkanes) is 5. The lowest BCUT2D eigenvalue weighted by Gasteiger charge is -2.20. The highest BCUT2D eigenvalue weighted by molar-refractivity contribution is 5.88. The van der Waals surface area contributed by atoms with Gasteiger partial charge in [-0.25, -0.2) is 0 Å². The van der Waals surface area contributed by atoms with E-state index in [4.69, 9.17) is 0 Å². The van der Waals surface area contributed by atoms with E-state index in [-0.39, 0.29) is 5.78 Å². The van der Waals surface area contributed by atoms with Crippen LogP contribution >= 0.6 is 0 Å². The van der Waals surface area contributed by atoms with Gasteiger partial charge in [-0.2, -0.15) is 13.2 Å². The maximum absolute atomic E-state index is 12.8. The van der Waals surface area contributed by atoms with Crippen LogP contribution < -0.4 is 5.32 Å². The predicted octanol–water partition coefficient (Wildman–Crippen LogP) is 7.18. The van der Waals surface area contributed by atoms with Crippen molar-refractivity contribution < 1.29 is 18.0 Å². The van der Waals surface area contributed by atoms with Crippen LogP contribution in [0, 0.1) is 0 Å². The number of benzene rings is 2. The van der Waals surface area contributed by atoms with Gasteiger partial charge in [-0.15, -0.1) is 0 Å². The number of carbonyl (C=O) groups excluding carboxylic acids is 1. The minimum atomic E-state index is -4.37. The number of rotatable bonds is 11. The van der Waals surface area contributed by atoms with Crippen LogP contribution in [0.25, 0.3) is 0 Å². The second-order valence-electron chi connectivity index (χ2n) is 7.05. The molecule has 2 rings (SSSR count). The third-order valence-electron chi connectivity index (χ3n) is 4.75. The fourth-order valence-electron chi connectivity index (χ4n) is 3.14. The zero-order valence-corrected chi connectivity index (χ0v) is 16.3. The molecule has 1 unspecified atom stereocenters. The van der Waals surface area contributed by atoms with E-state index in [9.17, 15) is 18.0 Å². The van der Waals surface area contributed by atoms with E-state index in [1.807, 2.05) is 30.3 Å². The van der Waals surface area contributed by atoms with Crippen LogP contribution in [0.15, 0.2) is 54.6 Å². The predicted molar refractivity (Wildman–Crippen MR) is 107 cm³/mol. The van der Waals surface area contributed by atoms with E-state index >= 15 is 0 Å². The molecule has 152 valence electrons. The van der Waals surface area contributed by atoms with E-state index in [2.05, 4.69) is 12.2 Å². The standard InChI is InChI=1S/C23H28F3NO/c1-2-3-4-5-6-10-13-21(28)22(18-11-8-7-9-12-18)27-20-16-14-19(15-17-20)23(24,25)26/h7-9,11-12,14-17,22,27H,2-6,10,13H2,1H3. The van der Waals surface area contributed by atoms with Crippen molar-refractivity contribution in [2.45, 2.75) is 64.1 Å². The highest BCUT2D eigenvalue weighted by Crippen LogP contribution is 2.31. The zero-order valence-electron chi connectivity index (χ0n) is 16.3. The minimum absolute atomic E-state index is 0.0570. The molecule has 0 amide bonds. The van der Waals surface area contributed by atoms with Crippen LogP contribution in [0.4, 0.5) is 18.9 Å². The second-order valence-corrected chi connectivity index (χ2v) is 7.05. The lowest BCUT2D eigenvalue weighted by Crippen LogP contribution is -2.21. The van der Waals surface area contributed by atoms with Crippen molar-refractivity contribution in [1.29, 1.82) is 0 Å². The normalized spacial score (nSPS) is 12.6. The summed E-state index contributed by atoms with van der Waals surface area (Å²) < 4.78 is 38.3. The van der Waals surface area contributed by atoms with E-state index in [1.165, 1.54) is 31.4 Å². The third-order valence-corrected chi connectivity index (χ3v) is 4.75. The summed E-state index contributed by atoms with van der Waals surface area (Å²) in [5.41, 5.74) is 0.615. The summed E-state index contributed by atoms with van der Waals surface area (Å²) in [4.78, 5) is 12.8. The number of anilines is 1. The van der Waals surface area contributed by atoms with E-state index < -0.39 is 17.8 Å². The van der Waals surface area contributed by atoms with Crippen molar-refractivity contribution in [2.75, 3.05) is 5.32 Å². The topological polar surface area (TPSA) is 29.1 Å². The summed E-state index contributed by atoms with van der Waals surface area (Å²) in [6.07, 6.45) is 2.67.